The summed E-state index contributed by atoms with van der Waals surface area (Å²) >= 11 is 0. The Hall–Kier alpha value is -2.01. The van der Waals surface area contributed by atoms with Gasteiger partial charge < -0.3 is 0 Å². The molecule has 0 fully saturated rings. The SMILES string of the molecule is C#CCc1cc(-c2ccccc2)nn1C. The van der Waals surface area contributed by atoms with Crippen molar-refractivity contribution in [1.29, 1.82) is 0 Å². The van der Waals surface area contributed by atoms with Gasteiger partial charge in [0.25, 0.3) is 0 Å². The van der Waals surface area contributed by atoms with E-state index in [1.807, 2.05) is 48.1 Å². The van der Waals surface area contributed by atoms with Gasteiger partial charge >= 0.3 is 0 Å². The Bertz CT molecular complexity index is 489. The lowest BCUT2D eigenvalue weighted by Gasteiger charge is -1.94. The summed E-state index contributed by atoms with van der Waals surface area (Å²) < 4.78 is 1.84. The van der Waals surface area contributed by atoms with Crippen LogP contribution in [-0.4, -0.2) is 9.78 Å². The van der Waals surface area contributed by atoms with Gasteiger partial charge in [0, 0.05) is 12.6 Å². The van der Waals surface area contributed by atoms with Crippen molar-refractivity contribution in [2.75, 3.05) is 0 Å². The summed E-state index contributed by atoms with van der Waals surface area (Å²) in [5.41, 5.74) is 3.16. The molecule has 2 rings (SSSR count). The van der Waals surface area contributed by atoms with E-state index in [-0.39, 0.29) is 0 Å². The van der Waals surface area contributed by atoms with Crippen LogP contribution < -0.4 is 0 Å². The molecule has 1 heterocycles. The first-order valence-corrected chi connectivity index (χ1v) is 4.83. The van der Waals surface area contributed by atoms with Crippen molar-refractivity contribution in [2.45, 2.75) is 6.42 Å². The quantitative estimate of drug-likeness (QED) is 0.674. The Morgan fingerprint density at radius 3 is 2.73 bits per heavy atom. The van der Waals surface area contributed by atoms with Crippen molar-refractivity contribution in [3.05, 3.63) is 42.1 Å². The average Bonchev–Trinajstić information content (AvgIpc) is 2.63. The minimum absolute atomic E-state index is 0.621. The van der Waals surface area contributed by atoms with Crippen LogP contribution in [0.25, 0.3) is 11.3 Å². The fraction of sp³-hybridized carbons (Fsp3) is 0.154. The van der Waals surface area contributed by atoms with Gasteiger partial charge in [0.2, 0.25) is 0 Å². The summed E-state index contributed by atoms with van der Waals surface area (Å²) in [6.07, 6.45) is 5.91. The van der Waals surface area contributed by atoms with Crippen LogP contribution in [0.2, 0.25) is 0 Å². The van der Waals surface area contributed by atoms with Crippen LogP contribution in [0.5, 0.6) is 0 Å². The molecule has 0 amide bonds. The lowest BCUT2D eigenvalue weighted by atomic mass is 10.1. The van der Waals surface area contributed by atoms with Gasteiger partial charge in [-0.25, -0.2) is 0 Å². The predicted octanol–water partition coefficient (Wildman–Crippen LogP) is 2.26. The number of terminal acetylenes is 1. The summed E-state index contributed by atoms with van der Waals surface area (Å²) in [6, 6.07) is 12.1. The van der Waals surface area contributed by atoms with Crippen LogP contribution in [0.3, 0.4) is 0 Å². The first-order valence-electron chi connectivity index (χ1n) is 4.83. The fourth-order valence-corrected chi connectivity index (χ4v) is 1.53. The van der Waals surface area contributed by atoms with Gasteiger partial charge in [-0.2, -0.15) is 5.10 Å². The second-order valence-electron chi connectivity index (χ2n) is 3.39. The van der Waals surface area contributed by atoms with Crippen LogP contribution in [0.4, 0.5) is 0 Å². The molecule has 0 N–H and O–H groups in total. The van der Waals surface area contributed by atoms with E-state index in [2.05, 4.69) is 11.0 Å². The van der Waals surface area contributed by atoms with E-state index in [0.29, 0.717) is 6.42 Å². The van der Waals surface area contributed by atoms with Crippen molar-refractivity contribution < 1.29 is 0 Å². The largest absolute Gasteiger partial charge is 0.271 e. The Kier molecular flexibility index (Phi) is 2.55. The van der Waals surface area contributed by atoms with Gasteiger partial charge in [0.15, 0.2) is 0 Å². The molecule has 0 unspecified atom stereocenters. The zero-order valence-corrected chi connectivity index (χ0v) is 8.64. The van der Waals surface area contributed by atoms with Crippen LogP contribution >= 0.6 is 0 Å². The molecule has 0 saturated carbocycles. The maximum Gasteiger partial charge on any atom is 0.0926 e. The lowest BCUT2D eigenvalue weighted by molar-refractivity contribution is 0.732. The highest BCUT2D eigenvalue weighted by molar-refractivity contribution is 5.59. The number of aryl methyl sites for hydroxylation is 1. The molecule has 1 aromatic carbocycles. The molecule has 1 aromatic heterocycles. The van der Waals surface area contributed by atoms with Crippen LogP contribution in [0, 0.1) is 12.3 Å². The van der Waals surface area contributed by atoms with Gasteiger partial charge in [0.05, 0.1) is 17.8 Å². The van der Waals surface area contributed by atoms with E-state index in [1.54, 1.807) is 0 Å². The van der Waals surface area contributed by atoms with E-state index in [4.69, 9.17) is 6.42 Å². The highest BCUT2D eigenvalue weighted by Gasteiger charge is 2.05. The smallest absolute Gasteiger partial charge is 0.0926 e. The Labute approximate surface area is 89.6 Å². The monoisotopic (exact) mass is 196 g/mol. The minimum atomic E-state index is 0.621. The summed E-state index contributed by atoms with van der Waals surface area (Å²) in [6.45, 7) is 0. The van der Waals surface area contributed by atoms with Crippen molar-refractivity contribution in [2.24, 2.45) is 7.05 Å². The maximum atomic E-state index is 5.29. The molecule has 0 aliphatic carbocycles. The first kappa shape index (κ1) is 9.54. The van der Waals surface area contributed by atoms with Crippen molar-refractivity contribution in [3.63, 3.8) is 0 Å². The normalized spacial score (nSPS) is 9.87. The van der Waals surface area contributed by atoms with E-state index < -0.39 is 0 Å². The summed E-state index contributed by atoms with van der Waals surface area (Å²) in [5, 5.41) is 4.42. The predicted molar refractivity (Wildman–Crippen MR) is 61.2 cm³/mol. The van der Waals surface area contributed by atoms with Gasteiger partial charge in [-0.3, -0.25) is 4.68 Å². The summed E-state index contributed by atoms with van der Waals surface area (Å²) in [5.74, 6) is 2.63. The summed E-state index contributed by atoms with van der Waals surface area (Å²) in [4.78, 5) is 0. The Morgan fingerprint density at radius 1 is 1.33 bits per heavy atom. The Balaban J connectivity index is 2.40. The fourth-order valence-electron chi connectivity index (χ4n) is 1.53. The molecule has 0 spiro atoms. The number of aromatic nitrogens is 2. The minimum Gasteiger partial charge on any atom is -0.271 e. The van der Waals surface area contributed by atoms with E-state index in [0.717, 1.165) is 17.0 Å². The van der Waals surface area contributed by atoms with Gasteiger partial charge in [-0.05, 0) is 6.07 Å². The molecule has 2 aromatic rings. The molecule has 0 bridgehead atoms. The number of hydrogen-bond donors (Lipinski definition) is 0. The number of nitrogens with zero attached hydrogens (tertiary/aromatic N) is 2. The molecule has 2 heteroatoms. The third kappa shape index (κ3) is 1.92. The molecule has 0 radical (unpaired) electrons. The number of hydrogen-bond acceptors (Lipinski definition) is 1. The van der Waals surface area contributed by atoms with Crippen molar-refractivity contribution in [1.82, 2.24) is 9.78 Å². The van der Waals surface area contributed by atoms with Crippen molar-refractivity contribution >= 4 is 0 Å². The highest BCUT2D eigenvalue weighted by atomic mass is 15.3. The number of benzene rings is 1. The van der Waals surface area contributed by atoms with Gasteiger partial charge in [0.1, 0.15) is 0 Å². The van der Waals surface area contributed by atoms with Crippen LogP contribution in [0.1, 0.15) is 5.69 Å². The molecule has 0 saturated heterocycles. The molecule has 2 nitrogen and oxygen atoms in total. The molecular formula is C13H12N2. The Morgan fingerprint density at radius 2 is 2.07 bits per heavy atom. The van der Waals surface area contributed by atoms with Gasteiger partial charge in [-0.15, -0.1) is 12.3 Å². The standard InChI is InChI=1S/C13H12N2/c1-3-7-12-10-13(14-15(12)2)11-8-5-4-6-9-11/h1,4-6,8-10H,7H2,2H3. The number of rotatable bonds is 2. The zero-order chi connectivity index (χ0) is 10.7. The topological polar surface area (TPSA) is 17.8 Å². The maximum absolute atomic E-state index is 5.29. The molecule has 15 heavy (non-hydrogen) atoms. The van der Waals surface area contributed by atoms with E-state index in [9.17, 15) is 0 Å². The molecule has 0 atom stereocenters. The lowest BCUT2D eigenvalue weighted by Crippen LogP contribution is -1.96. The molecular weight excluding hydrogens is 184 g/mol. The highest BCUT2D eigenvalue weighted by Crippen LogP contribution is 2.18. The third-order valence-corrected chi connectivity index (χ3v) is 2.33. The van der Waals surface area contributed by atoms with Gasteiger partial charge in [-0.1, -0.05) is 30.3 Å². The summed E-state index contributed by atoms with van der Waals surface area (Å²) in [7, 11) is 1.92. The van der Waals surface area contributed by atoms with Crippen LogP contribution in [0.15, 0.2) is 36.4 Å². The van der Waals surface area contributed by atoms with Crippen LogP contribution in [-0.2, 0) is 13.5 Å². The zero-order valence-electron chi connectivity index (χ0n) is 8.64. The van der Waals surface area contributed by atoms with E-state index >= 15 is 0 Å². The molecule has 0 aliphatic rings. The molecule has 74 valence electrons. The second kappa shape index (κ2) is 4.02. The first-order chi connectivity index (χ1) is 7.31. The van der Waals surface area contributed by atoms with Crippen molar-refractivity contribution in [3.8, 4) is 23.6 Å². The molecule has 0 aliphatic heterocycles. The average molecular weight is 196 g/mol. The second-order valence-corrected chi connectivity index (χ2v) is 3.39. The third-order valence-electron chi connectivity index (χ3n) is 2.33. The van der Waals surface area contributed by atoms with E-state index in [1.165, 1.54) is 0 Å².